The zero-order valence-electron chi connectivity index (χ0n) is 22.5. The Morgan fingerprint density at radius 2 is 1.73 bits per heavy atom. The van der Waals surface area contributed by atoms with Crippen LogP contribution in [0.2, 0.25) is 0 Å². The number of amides is 1. The molecule has 7 heteroatoms. The number of carboxylic acid groups (broad SMARTS) is 1. The molecule has 2 aromatic carbocycles. The van der Waals surface area contributed by atoms with Gasteiger partial charge in [0, 0.05) is 25.1 Å². The first-order valence-electron chi connectivity index (χ1n) is 13.3. The minimum absolute atomic E-state index is 0.0178. The molecule has 1 fully saturated rings. The van der Waals surface area contributed by atoms with Gasteiger partial charge < -0.3 is 19.3 Å². The maximum Gasteiger partial charge on any atom is 0.411 e. The van der Waals surface area contributed by atoms with Gasteiger partial charge in [-0.1, -0.05) is 45.0 Å². The number of carbonyl (C=O) groups is 2. The van der Waals surface area contributed by atoms with Crippen LogP contribution in [0.5, 0.6) is 5.75 Å². The Hall–Kier alpha value is -3.06. The van der Waals surface area contributed by atoms with Gasteiger partial charge in [0.05, 0.1) is 6.61 Å². The first-order chi connectivity index (χ1) is 17.6. The third-order valence-electron chi connectivity index (χ3n) is 6.99. The number of hydrogen-bond donors (Lipinski definition) is 2. The van der Waals surface area contributed by atoms with Crippen molar-refractivity contribution in [3.8, 4) is 5.75 Å². The molecule has 1 amide bonds. The van der Waals surface area contributed by atoms with Crippen LogP contribution in [-0.4, -0.2) is 42.6 Å². The Bertz CT molecular complexity index is 1010. The number of rotatable bonds is 11. The minimum Gasteiger partial charge on any atom is -0.493 e. The summed E-state index contributed by atoms with van der Waals surface area (Å²) in [6, 6.07) is 15.1. The van der Waals surface area contributed by atoms with E-state index in [-0.39, 0.29) is 6.10 Å². The molecule has 1 aliphatic carbocycles. The van der Waals surface area contributed by atoms with Crippen LogP contribution in [0.1, 0.15) is 64.5 Å². The molecule has 0 bridgehead atoms. The number of carboxylic acids is 1. The van der Waals surface area contributed by atoms with E-state index in [0.717, 1.165) is 36.8 Å². The average molecular weight is 512 g/mol. The highest BCUT2D eigenvalue weighted by molar-refractivity contribution is 5.84. The second kappa shape index (κ2) is 13.5. The van der Waals surface area contributed by atoms with Crippen LogP contribution in [0, 0.1) is 11.3 Å². The quantitative estimate of drug-likeness (QED) is 0.358. The standard InChI is InChI=1S/C30H41NO6/c1-5-35-27(28(32)33)20-22-9-13-25(14-10-22)36-18-17-21-7-6-8-24(19-21)31-29(34)37-26-15-11-23(12-16-26)30(2,3)4/h6-10,13-14,19,23,26-27H,5,11-12,15-18,20H2,1-4H3,(H,31,34)(H,32,33)/t23?,26?,27-/m0/s1. The topological polar surface area (TPSA) is 94.1 Å². The molecule has 0 spiro atoms. The maximum absolute atomic E-state index is 12.4. The molecule has 37 heavy (non-hydrogen) atoms. The summed E-state index contributed by atoms with van der Waals surface area (Å²) < 4.78 is 16.8. The highest BCUT2D eigenvalue weighted by Gasteiger charge is 2.31. The van der Waals surface area contributed by atoms with Crippen molar-refractivity contribution in [3.05, 3.63) is 59.7 Å². The fraction of sp³-hybridized carbons (Fsp3) is 0.533. The number of hydrogen-bond acceptors (Lipinski definition) is 5. The van der Waals surface area contributed by atoms with Crippen molar-refractivity contribution < 1.29 is 28.9 Å². The smallest absolute Gasteiger partial charge is 0.411 e. The molecule has 2 aromatic rings. The zero-order valence-corrected chi connectivity index (χ0v) is 22.5. The molecular weight excluding hydrogens is 470 g/mol. The largest absolute Gasteiger partial charge is 0.493 e. The SMILES string of the molecule is CCO[C@@H](Cc1ccc(OCCc2cccc(NC(=O)OC3CCC(C(C)(C)C)CC3)c2)cc1)C(=O)O. The first-order valence-corrected chi connectivity index (χ1v) is 13.3. The van der Waals surface area contributed by atoms with Crippen LogP contribution >= 0.6 is 0 Å². The number of ether oxygens (including phenoxy) is 3. The summed E-state index contributed by atoms with van der Waals surface area (Å²) in [5.74, 6) is 0.429. The van der Waals surface area contributed by atoms with Gasteiger partial charge in [0.1, 0.15) is 11.9 Å². The van der Waals surface area contributed by atoms with E-state index in [1.165, 1.54) is 0 Å². The molecule has 0 aromatic heterocycles. The van der Waals surface area contributed by atoms with E-state index in [1.54, 1.807) is 6.92 Å². The van der Waals surface area contributed by atoms with Crippen LogP contribution < -0.4 is 10.1 Å². The van der Waals surface area contributed by atoms with Gasteiger partial charge >= 0.3 is 12.1 Å². The first kappa shape index (κ1) is 28.5. The van der Waals surface area contributed by atoms with Gasteiger partial charge in [0.25, 0.3) is 0 Å². The predicted molar refractivity (Wildman–Crippen MR) is 144 cm³/mol. The van der Waals surface area contributed by atoms with Crippen LogP contribution in [0.3, 0.4) is 0 Å². The number of benzene rings is 2. The Morgan fingerprint density at radius 1 is 1.03 bits per heavy atom. The van der Waals surface area contributed by atoms with Crippen molar-refractivity contribution in [2.24, 2.45) is 11.3 Å². The van der Waals surface area contributed by atoms with E-state index >= 15 is 0 Å². The van der Waals surface area contributed by atoms with Gasteiger partial charge in [0.2, 0.25) is 0 Å². The number of anilines is 1. The van der Waals surface area contributed by atoms with Crippen molar-refractivity contribution >= 4 is 17.7 Å². The van der Waals surface area contributed by atoms with Gasteiger partial charge in [-0.05, 0) is 79.3 Å². The van der Waals surface area contributed by atoms with Crippen LogP contribution in [-0.2, 0) is 27.1 Å². The van der Waals surface area contributed by atoms with Gasteiger partial charge in [0.15, 0.2) is 6.10 Å². The molecule has 0 radical (unpaired) electrons. The maximum atomic E-state index is 12.4. The van der Waals surface area contributed by atoms with Gasteiger partial charge in [-0.2, -0.15) is 0 Å². The summed E-state index contributed by atoms with van der Waals surface area (Å²) in [7, 11) is 0. The molecule has 202 valence electrons. The molecule has 0 unspecified atom stereocenters. The molecule has 3 rings (SSSR count). The fourth-order valence-electron chi connectivity index (χ4n) is 4.79. The summed E-state index contributed by atoms with van der Waals surface area (Å²) in [5, 5.41) is 12.1. The van der Waals surface area contributed by atoms with Crippen LogP contribution in [0.25, 0.3) is 0 Å². The summed E-state index contributed by atoms with van der Waals surface area (Å²) in [6.07, 6.45) is 3.74. The highest BCUT2D eigenvalue weighted by Crippen LogP contribution is 2.38. The monoisotopic (exact) mass is 511 g/mol. The average Bonchev–Trinajstić information content (AvgIpc) is 2.84. The summed E-state index contributed by atoms with van der Waals surface area (Å²) in [6.45, 7) is 9.45. The lowest BCUT2D eigenvalue weighted by molar-refractivity contribution is -0.149. The molecule has 0 heterocycles. The molecule has 0 saturated heterocycles. The molecular formula is C30H41NO6. The molecule has 2 N–H and O–H groups in total. The zero-order chi connectivity index (χ0) is 26.8. The fourth-order valence-corrected chi connectivity index (χ4v) is 4.79. The second-order valence-electron chi connectivity index (χ2n) is 10.8. The van der Waals surface area contributed by atoms with Crippen LogP contribution in [0.4, 0.5) is 10.5 Å². The number of carbonyl (C=O) groups excluding carboxylic acids is 1. The predicted octanol–water partition coefficient (Wildman–Crippen LogP) is 6.49. The van der Waals surface area contributed by atoms with Crippen molar-refractivity contribution in [2.75, 3.05) is 18.5 Å². The molecule has 7 nitrogen and oxygen atoms in total. The Kier molecular flexibility index (Phi) is 10.4. The van der Waals surface area contributed by atoms with E-state index in [4.69, 9.17) is 14.2 Å². The molecule has 1 saturated carbocycles. The summed E-state index contributed by atoms with van der Waals surface area (Å²) in [5.41, 5.74) is 2.93. The van der Waals surface area contributed by atoms with Gasteiger partial charge in [-0.15, -0.1) is 0 Å². The lowest BCUT2D eigenvalue weighted by Crippen LogP contribution is -2.31. The third-order valence-corrected chi connectivity index (χ3v) is 6.99. The van der Waals surface area contributed by atoms with Crippen molar-refractivity contribution in [2.45, 2.75) is 78.4 Å². The van der Waals surface area contributed by atoms with E-state index in [9.17, 15) is 14.7 Å². The summed E-state index contributed by atoms with van der Waals surface area (Å²) in [4.78, 5) is 23.7. The molecule has 1 aliphatic rings. The number of nitrogens with one attached hydrogen (secondary N) is 1. The van der Waals surface area contributed by atoms with Crippen molar-refractivity contribution in [1.29, 1.82) is 0 Å². The Balaban J connectivity index is 1.42. The van der Waals surface area contributed by atoms with E-state index in [0.29, 0.717) is 48.8 Å². The van der Waals surface area contributed by atoms with Gasteiger partial charge in [-0.25, -0.2) is 9.59 Å². The van der Waals surface area contributed by atoms with Crippen LogP contribution in [0.15, 0.2) is 48.5 Å². The Labute approximate surface area is 220 Å². The van der Waals surface area contributed by atoms with Gasteiger partial charge in [-0.3, -0.25) is 5.32 Å². The number of aliphatic carboxylic acids is 1. The second-order valence-corrected chi connectivity index (χ2v) is 10.8. The summed E-state index contributed by atoms with van der Waals surface area (Å²) >= 11 is 0. The molecule has 1 atom stereocenters. The normalized spacial score (nSPS) is 18.6. The minimum atomic E-state index is -0.963. The third kappa shape index (κ3) is 9.39. The van der Waals surface area contributed by atoms with Crippen molar-refractivity contribution in [1.82, 2.24) is 0 Å². The Morgan fingerprint density at radius 3 is 2.35 bits per heavy atom. The van der Waals surface area contributed by atoms with E-state index in [2.05, 4.69) is 26.1 Å². The lowest BCUT2D eigenvalue weighted by atomic mass is 9.72. The lowest BCUT2D eigenvalue weighted by Gasteiger charge is -2.36. The molecule has 0 aliphatic heterocycles. The van der Waals surface area contributed by atoms with E-state index < -0.39 is 18.2 Å². The highest BCUT2D eigenvalue weighted by atomic mass is 16.6. The van der Waals surface area contributed by atoms with E-state index in [1.807, 2.05) is 48.5 Å². The van der Waals surface area contributed by atoms with Crippen molar-refractivity contribution in [3.63, 3.8) is 0 Å².